The molecule has 0 bridgehead atoms. The van der Waals surface area contributed by atoms with E-state index in [0.717, 1.165) is 45.6 Å². The fourth-order valence-electron chi connectivity index (χ4n) is 3.05. The van der Waals surface area contributed by atoms with Gasteiger partial charge >= 0.3 is 5.97 Å². The average molecular weight is 283 g/mol. The van der Waals surface area contributed by atoms with Crippen LogP contribution in [0.3, 0.4) is 0 Å². The highest BCUT2D eigenvalue weighted by Gasteiger charge is 2.35. The Kier molecular flexibility index (Phi) is 5.37. The maximum Gasteiger partial charge on any atom is 0.309 e. The van der Waals surface area contributed by atoms with Gasteiger partial charge in [0.05, 0.1) is 19.1 Å². The Labute approximate surface area is 120 Å². The zero-order valence-electron chi connectivity index (χ0n) is 12.4. The summed E-state index contributed by atoms with van der Waals surface area (Å²) in [6.45, 7) is 6.68. The van der Waals surface area contributed by atoms with Crippen molar-refractivity contribution in [3.8, 4) is 0 Å². The summed E-state index contributed by atoms with van der Waals surface area (Å²) in [5.41, 5.74) is 0. The van der Waals surface area contributed by atoms with Crippen LogP contribution in [0.4, 0.5) is 0 Å². The summed E-state index contributed by atoms with van der Waals surface area (Å²) in [5, 5.41) is 3.26. The van der Waals surface area contributed by atoms with Gasteiger partial charge < -0.3 is 15.0 Å². The molecule has 0 aliphatic carbocycles. The molecule has 0 radical (unpaired) electrons. The van der Waals surface area contributed by atoms with Gasteiger partial charge in [-0.3, -0.25) is 14.5 Å². The third kappa shape index (κ3) is 3.49. The van der Waals surface area contributed by atoms with E-state index in [0.29, 0.717) is 6.54 Å². The molecule has 2 saturated heterocycles. The Morgan fingerprint density at radius 1 is 1.30 bits per heavy atom. The quantitative estimate of drug-likeness (QED) is 0.717. The number of rotatable bonds is 4. The SMILES string of the molecule is COC(=O)C(C)CN1CCCC1C(=O)N1CCNCC1. The minimum atomic E-state index is -0.203. The molecule has 6 heteroatoms. The molecule has 20 heavy (non-hydrogen) atoms. The predicted octanol–water partition coefficient (Wildman–Crippen LogP) is -0.308. The number of ether oxygens (including phenoxy) is 1. The van der Waals surface area contributed by atoms with Crippen LogP contribution >= 0.6 is 0 Å². The second kappa shape index (κ2) is 7.04. The van der Waals surface area contributed by atoms with Gasteiger partial charge in [0, 0.05) is 32.7 Å². The smallest absolute Gasteiger partial charge is 0.309 e. The van der Waals surface area contributed by atoms with Crippen molar-refractivity contribution in [2.45, 2.75) is 25.8 Å². The number of methoxy groups -OCH3 is 1. The van der Waals surface area contributed by atoms with Crippen LogP contribution in [0.5, 0.6) is 0 Å². The van der Waals surface area contributed by atoms with Gasteiger partial charge in [-0.2, -0.15) is 0 Å². The van der Waals surface area contributed by atoms with Crippen molar-refractivity contribution in [1.29, 1.82) is 0 Å². The number of hydrogen-bond acceptors (Lipinski definition) is 5. The van der Waals surface area contributed by atoms with E-state index in [9.17, 15) is 9.59 Å². The number of likely N-dealkylation sites (tertiary alicyclic amines) is 1. The highest BCUT2D eigenvalue weighted by molar-refractivity contribution is 5.82. The molecule has 2 fully saturated rings. The van der Waals surface area contributed by atoms with Gasteiger partial charge in [0.2, 0.25) is 5.91 Å². The number of piperazine rings is 1. The van der Waals surface area contributed by atoms with Crippen LogP contribution in [0.25, 0.3) is 0 Å². The molecule has 2 aliphatic heterocycles. The van der Waals surface area contributed by atoms with Gasteiger partial charge in [-0.15, -0.1) is 0 Å². The molecule has 0 aromatic carbocycles. The van der Waals surface area contributed by atoms with Gasteiger partial charge in [-0.25, -0.2) is 0 Å². The highest BCUT2D eigenvalue weighted by atomic mass is 16.5. The first-order valence-electron chi connectivity index (χ1n) is 7.45. The van der Waals surface area contributed by atoms with Crippen molar-refractivity contribution >= 4 is 11.9 Å². The van der Waals surface area contributed by atoms with Crippen molar-refractivity contribution < 1.29 is 14.3 Å². The molecular weight excluding hydrogens is 258 g/mol. The lowest BCUT2D eigenvalue weighted by molar-refractivity contribution is -0.146. The molecule has 0 aromatic rings. The molecule has 2 aliphatic rings. The van der Waals surface area contributed by atoms with Gasteiger partial charge in [-0.1, -0.05) is 6.92 Å². The van der Waals surface area contributed by atoms with E-state index in [-0.39, 0.29) is 23.8 Å². The van der Waals surface area contributed by atoms with E-state index in [4.69, 9.17) is 4.74 Å². The molecule has 2 unspecified atom stereocenters. The largest absolute Gasteiger partial charge is 0.469 e. The second-order valence-electron chi connectivity index (χ2n) is 5.65. The molecule has 6 nitrogen and oxygen atoms in total. The number of amides is 1. The van der Waals surface area contributed by atoms with E-state index in [1.54, 1.807) is 0 Å². The Morgan fingerprint density at radius 2 is 2.00 bits per heavy atom. The van der Waals surface area contributed by atoms with Crippen molar-refractivity contribution in [3.05, 3.63) is 0 Å². The molecule has 2 heterocycles. The first-order chi connectivity index (χ1) is 9.63. The zero-order chi connectivity index (χ0) is 14.5. The van der Waals surface area contributed by atoms with Crippen molar-refractivity contribution in [1.82, 2.24) is 15.1 Å². The Hall–Kier alpha value is -1.14. The van der Waals surface area contributed by atoms with Gasteiger partial charge in [-0.05, 0) is 19.4 Å². The second-order valence-corrected chi connectivity index (χ2v) is 5.65. The zero-order valence-corrected chi connectivity index (χ0v) is 12.4. The Morgan fingerprint density at radius 3 is 2.65 bits per heavy atom. The van der Waals surface area contributed by atoms with Crippen LogP contribution in [0.15, 0.2) is 0 Å². The van der Waals surface area contributed by atoms with E-state index in [2.05, 4.69) is 10.2 Å². The van der Waals surface area contributed by atoms with Crippen LogP contribution in [0, 0.1) is 5.92 Å². The molecule has 0 saturated carbocycles. The third-order valence-electron chi connectivity index (χ3n) is 4.19. The van der Waals surface area contributed by atoms with Crippen molar-refractivity contribution in [3.63, 3.8) is 0 Å². The van der Waals surface area contributed by atoms with Crippen molar-refractivity contribution in [2.75, 3.05) is 46.4 Å². The number of esters is 1. The maximum atomic E-state index is 12.6. The molecular formula is C14H25N3O3. The highest BCUT2D eigenvalue weighted by Crippen LogP contribution is 2.21. The van der Waals surface area contributed by atoms with Gasteiger partial charge in [0.15, 0.2) is 0 Å². The van der Waals surface area contributed by atoms with E-state index in [1.807, 2.05) is 11.8 Å². The minimum Gasteiger partial charge on any atom is -0.469 e. The molecule has 1 N–H and O–H groups in total. The van der Waals surface area contributed by atoms with Crippen LogP contribution in [0.2, 0.25) is 0 Å². The lowest BCUT2D eigenvalue weighted by atomic mass is 10.1. The van der Waals surface area contributed by atoms with E-state index >= 15 is 0 Å². The summed E-state index contributed by atoms with van der Waals surface area (Å²) in [5.74, 6) is -0.164. The Bertz CT molecular complexity index is 356. The first kappa shape index (κ1) is 15.3. The fourth-order valence-corrected chi connectivity index (χ4v) is 3.05. The molecule has 0 aromatic heterocycles. The van der Waals surface area contributed by atoms with Crippen LogP contribution in [-0.2, 0) is 14.3 Å². The monoisotopic (exact) mass is 283 g/mol. The molecule has 1 amide bonds. The predicted molar refractivity (Wildman–Crippen MR) is 75.2 cm³/mol. The minimum absolute atomic E-state index is 0.0554. The lowest BCUT2D eigenvalue weighted by Gasteiger charge is -2.33. The summed E-state index contributed by atoms with van der Waals surface area (Å²) in [4.78, 5) is 28.2. The number of nitrogens with zero attached hydrogens (tertiary/aromatic N) is 2. The number of nitrogens with one attached hydrogen (secondary N) is 1. The number of carbonyl (C=O) groups is 2. The van der Waals surface area contributed by atoms with Gasteiger partial charge in [0.25, 0.3) is 0 Å². The molecule has 114 valence electrons. The molecule has 2 rings (SSSR count). The van der Waals surface area contributed by atoms with Crippen LogP contribution in [-0.4, -0.2) is 74.1 Å². The lowest BCUT2D eigenvalue weighted by Crippen LogP contribution is -2.53. The maximum absolute atomic E-state index is 12.6. The molecule has 0 spiro atoms. The summed E-state index contributed by atoms with van der Waals surface area (Å²) in [6, 6.07) is -0.0554. The standard InChI is InChI=1S/C14H25N3O3/c1-11(14(19)20-2)10-17-7-3-4-12(17)13(18)16-8-5-15-6-9-16/h11-12,15H,3-10H2,1-2H3. The average Bonchev–Trinajstić information content (AvgIpc) is 2.94. The topological polar surface area (TPSA) is 61.9 Å². The van der Waals surface area contributed by atoms with Crippen molar-refractivity contribution in [2.24, 2.45) is 5.92 Å². The van der Waals surface area contributed by atoms with Crippen LogP contribution in [0.1, 0.15) is 19.8 Å². The Balaban J connectivity index is 1.92. The van der Waals surface area contributed by atoms with Gasteiger partial charge in [0.1, 0.15) is 0 Å². The van der Waals surface area contributed by atoms with Crippen LogP contribution < -0.4 is 5.32 Å². The number of hydrogen-bond donors (Lipinski definition) is 1. The fraction of sp³-hybridized carbons (Fsp3) is 0.857. The summed E-state index contributed by atoms with van der Waals surface area (Å²) < 4.78 is 4.77. The number of carbonyl (C=O) groups excluding carboxylic acids is 2. The summed E-state index contributed by atoms with van der Waals surface area (Å²) in [6.07, 6.45) is 1.92. The summed E-state index contributed by atoms with van der Waals surface area (Å²) >= 11 is 0. The third-order valence-corrected chi connectivity index (χ3v) is 4.19. The first-order valence-corrected chi connectivity index (χ1v) is 7.45. The normalized spacial score (nSPS) is 25.5. The van der Waals surface area contributed by atoms with E-state index in [1.165, 1.54) is 7.11 Å². The molecule has 2 atom stereocenters. The van der Waals surface area contributed by atoms with E-state index < -0.39 is 0 Å². The summed E-state index contributed by atoms with van der Waals surface area (Å²) in [7, 11) is 1.41.